The third-order valence-corrected chi connectivity index (χ3v) is 10.7. The second kappa shape index (κ2) is 10.1. The number of nitrogens with zero attached hydrogens (tertiary/aromatic N) is 2. The Kier molecular flexibility index (Phi) is 5.75. The van der Waals surface area contributed by atoms with Gasteiger partial charge in [0.1, 0.15) is 11.2 Å². The summed E-state index contributed by atoms with van der Waals surface area (Å²) in [6, 6.07) is 48.5. The molecule has 0 spiro atoms. The molecule has 0 saturated heterocycles. The number of rotatable bonds is 4. The summed E-state index contributed by atoms with van der Waals surface area (Å²) in [5, 5.41) is 4.89. The highest BCUT2D eigenvalue weighted by Gasteiger charge is 2.35. The SMILES string of the molecule is CC1(C)c2ccccc2-c2cc(N(C3=CC=C(n4c5ccccc5c5ccccc54)CC3)c3ccc4c(c3)oc3ccccc34)ccc21. The Morgan fingerprint density at radius 2 is 1.17 bits per heavy atom. The average molecular weight is 619 g/mol. The van der Waals surface area contributed by atoms with Crippen LogP contribution in [0.15, 0.2) is 156 Å². The van der Waals surface area contributed by atoms with Crippen LogP contribution in [0.2, 0.25) is 0 Å². The molecular weight excluding hydrogens is 585 g/mol. The molecule has 2 heterocycles. The maximum Gasteiger partial charge on any atom is 0.137 e. The van der Waals surface area contributed by atoms with Crippen molar-refractivity contribution < 1.29 is 4.42 Å². The summed E-state index contributed by atoms with van der Waals surface area (Å²) in [6.07, 6.45) is 6.50. The molecule has 0 fully saturated rings. The number of allylic oxidation sites excluding steroid dienone is 4. The van der Waals surface area contributed by atoms with Gasteiger partial charge in [0.25, 0.3) is 0 Å². The minimum atomic E-state index is -0.0352. The Hall–Kier alpha value is -5.80. The summed E-state index contributed by atoms with van der Waals surface area (Å²) >= 11 is 0. The largest absolute Gasteiger partial charge is 0.456 e. The zero-order valence-corrected chi connectivity index (χ0v) is 27.1. The molecule has 0 saturated carbocycles. The van der Waals surface area contributed by atoms with E-state index in [1.54, 1.807) is 0 Å². The van der Waals surface area contributed by atoms with Gasteiger partial charge in [0, 0.05) is 55.8 Å². The van der Waals surface area contributed by atoms with Crippen LogP contribution in [0.5, 0.6) is 0 Å². The molecule has 0 unspecified atom stereocenters. The predicted molar refractivity (Wildman–Crippen MR) is 201 cm³/mol. The van der Waals surface area contributed by atoms with Crippen molar-refractivity contribution in [3.8, 4) is 11.1 Å². The van der Waals surface area contributed by atoms with Crippen LogP contribution in [0.25, 0.3) is 60.6 Å². The van der Waals surface area contributed by atoms with E-state index in [4.69, 9.17) is 4.42 Å². The molecule has 0 N–H and O–H groups in total. The molecule has 2 aliphatic rings. The van der Waals surface area contributed by atoms with Crippen molar-refractivity contribution >= 4 is 60.8 Å². The lowest BCUT2D eigenvalue weighted by Gasteiger charge is -2.31. The fourth-order valence-corrected chi connectivity index (χ4v) is 8.40. The first-order valence-electron chi connectivity index (χ1n) is 16.9. The van der Waals surface area contributed by atoms with Crippen molar-refractivity contribution in [2.75, 3.05) is 4.90 Å². The highest BCUT2D eigenvalue weighted by molar-refractivity contribution is 6.10. The minimum absolute atomic E-state index is 0.0352. The lowest BCUT2D eigenvalue weighted by atomic mass is 9.82. The Morgan fingerprint density at radius 1 is 0.542 bits per heavy atom. The number of hydrogen-bond donors (Lipinski definition) is 0. The van der Waals surface area contributed by atoms with Gasteiger partial charge in [-0.05, 0) is 89.7 Å². The monoisotopic (exact) mass is 618 g/mol. The van der Waals surface area contributed by atoms with Crippen LogP contribution in [-0.4, -0.2) is 4.57 Å². The van der Waals surface area contributed by atoms with Gasteiger partial charge in [-0.3, -0.25) is 0 Å². The van der Waals surface area contributed by atoms with Gasteiger partial charge in [0.05, 0.1) is 11.0 Å². The van der Waals surface area contributed by atoms with Gasteiger partial charge in [0.2, 0.25) is 0 Å². The van der Waals surface area contributed by atoms with Gasteiger partial charge < -0.3 is 13.9 Å². The summed E-state index contributed by atoms with van der Waals surface area (Å²) in [6.45, 7) is 4.69. The molecule has 0 amide bonds. The summed E-state index contributed by atoms with van der Waals surface area (Å²) < 4.78 is 8.86. The van der Waals surface area contributed by atoms with Crippen molar-refractivity contribution in [1.82, 2.24) is 4.57 Å². The molecule has 3 nitrogen and oxygen atoms in total. The lowest BCUT2D eigenvalue weighted by molar-refractivity contribution is 0.660. The van der Waals surface area contributed by atoms with Gasteiger partial charge in [-0.2, -0.15) is 0 Å². The number of fused-ring (bicyclic) bond motifs is 9. The van der Waals surface area contributed by atoms with Gasteiger partial charge in [0.15, 0.2) is 0 Å². The predicted octanol–water partition coefficient (Wildman–Crippen LogP) is 12.4. The minimum Gasteiger partial charge on any atom is -0.456 e. The molecule has 2 aromatic heterocycles. The van der Waals surface area contributed by atoms with E-state index in [9.17, 15) is 0 Å². The van der Waals surface area contributed by atoms with Crippen LogP contribution in [0.3, 0.4) is 0 Å². The molecule has 8 aromatic rings. The van der Waals surface area contributed by atoms with Crippen molar-refractivity contribution in [1.29, 1.82) is 0 Å². The smallest absolute Gasteiger partial charge is 0.137 e. The highest BCUT2D eigenvalue weighted by atomic mass is 16.3. The standard InChI is InChI=1S/C45H34N2O/c1-45(2)39-15-7-3-11-33(39)38-27-31(24-26-40(38)45)46(32-23-25-37-36-14-6-10-18-43(36)48-44(37)28-32)29-19-21-30(22-20-29)47-41-16-8-4-12-34(41)35-13-5-9-17-42(35)47/h3-19,21,23-28H,20,22H2,1-2H3. The molecule has 2 aliphatic carbocycles. The highest BCUT2D eigenvalue weighted by Crippen LogP contribution is 2.50. The molecule has 0 atom stereocenters. The van der Waals surface area contributed by atoms with E-state index in [1.807, 2.05) is 6.07 Å². The number of furan rings is 1. The van der Waals surface area contributed by atoms with Gasteiger partial charge >= 0.3 is 0 Å². The molecule has 10 rings (SSSR count). The van der Waals surface area contributed by atoms with Crippen LogP contribution >= 0.6 is 0 Å². The lowest BCUT2D eigenvalue weighted by Crippen LogP contribution is -2.19. The third kappa shape index (κ3) is 3.88. The first kappa shape index (κ1) is 27.3. The molecule has 48 heavy (non-hydrogen) atoms. The summed E-state index contributed by atoms with van der Waals surface area (Å²) in [5.41, 5.74) is 14.6. The second-order valence-electron chi connectivity index (χ2n) is 13.7. The van der Waals surface area contributed by atoms with E-state index < -0.39 is 0 Å². The zero-order chi connectivity index (χ0) is 32.0. The first-order valence-corrected chi connectivity index (χ1v) is 16.9. The molecule has 6 aromatic carbocycles. The molecule has 0 aliphatic heterocycles. The number of anilines is 2. The van der Waals surface area contributed by atoms with Crippen LogP contribution in [-0.2, 0) is 5.41 Å². The van der Waals surface area contributed by atoms with Crippen LogP contribution in [0, 0.1) is 0 Å². The summed E-state index contributed by atoms with van der Waals surface area (Å²) in [4.78, 5) is 2.44. The maximum atomic E-state index is 6.40. The molecular formula is C45H34N2O. The number of benzene rings is 6. The van der Waals surface area contributed by atoms with E-state index >= 15 is 0 Å². The van der Waals surface area contributed by atoms with Crippen molar-refractivity contribution in [2.45, 2.75) is 32.1 Å². The Morgan fingerprint density at radius 3 is 1.94 bits per heavy atom. The molecule has 0 radical (unpaired) electrons. The van der Waals surface area contributed by atoms with Gasteiger partial charge in [-0.25, -0.2) is 0 Å². The van der Waals surface area contributed by atoms with E-state index in [1.165, 1.54) is 55.5 Å². The maximum absolute atomic E-state index is 6.40. The van der Waals surface area contributed by atoms with Crippen molar-refractivity contribution in [3.05, 3.63) is 162 Å². The zero-order valence-electron chi connectivity index (χ0n) is 27.1. The fraction of sp³-hybridized carbons (Fsp3) is 0.111. The summed E-state index contributed by atoms with van der Waals surface area (Å²) in [7, 11) is 0. The number of para-hydroxylation sites is 3. The molecule has 3 heteroatoms. The van der Waals surface area contributed by atoms with Gasteiger partial charge in [-0.15, -0.1) is 0 Å². The average Bonchev–Trinajstić information content (AvgIpc) is 3.74. The topological polar surface area (TPSA) is 21.3 Å². The fourth-order valence-electron chi connectivity index (χ4n) is 8.40. The molecule has 230 valence electrons. The van der Waals surface area contributed by atoms with Crippen LogP contribution in [0.1, 0.15) is 37.8 Å². The van der Waals surface area contributed by atoms with E-state index in [0.29, 0.717) is 0 Å². The van der Waals surface area contributed by atoms with E-state index in [-0.39, 0.29) is 5.41 Å². The van der Waals surface area contributed by atoms with Gasteiger partial charge in [-0.1, -0.05) is 98.8 Å². The normalized spacial score (nSPS) is 15.1. The Labute approximate surface area is 279 Å². The van der Waals surface area contributed by atoms with E-state index in [0.717, 1.165) is 46.2 Å². The third-order valence-electron chi connectivity index (χ3n) is 10.7. The Balaban J connectivity index is 1.15. The summed E-state index contributed by atoms with van der Waals surface area (Å²) in [5.74, 6) is 0. The number of hydrogen-bond acceptors (Lipinski definition) is 2. The van der Waals surface area contributed by atoms with Crippen LogP contribution < -0.4 is 4.90 Å². The van der Waals surface area contributed by atoms with E-state index in [2.05, 4.69) is 163 Å². The van der Waals surface area contributed by atoms with Crippen molar-refractivity contribution in [2.24, 2.45) is 0 Å². The van der Waals surface area contributed by atoms with Crippen molar-refractivity contribution in [3.63, 3.8) is 0 Å². The number of aromatic nitrogens is 1. The quantitative estimate of drug-likeness (QED) is 0.196. The van der Waals surface area contributed by atoms with Crippen LogP contribution in [0.4, 0.5) is 11.4 Å². The second-order valence-corrected chi connectivity index (χ2v) is 13.7. The first-order chi connectivity index (χ1) is 23.6. The molecule has 0 bridgehead atoms. The Bertz CT molecular complexity index is 2610.